The molecule has 1 aliphatic rings. The van der Waals surface area contributed by atoms with Gasteiger partial charge in [-0.3, -0.25) is 0 Å². The molecule has 0 fully saturated rings. The maximum absolute atomic E-state index is 11.8. The highest BCUT2D eigenvalue weighted by atomic mass is 127. The standard InChI is InChI=1S/C15H14INO3S/c1-2-19-15(18)13-9-10-7-8-17(21-16)12-6-4-3-5-11(12)14(10)20-13/h3-6,9H,2,7-8H2,1H3. The van der Waals surface area contributed by atoms with Crippen LogP contribution < -0.4 is 4.31 Å². The second-order valence-electron chi connectivity index (χ2n) is 4.62. The number of benzene rings is 1. The number of carbonyl (C=O) groups is 1. The summed E-state index contributed by atoms with van der Waals surface area (Å²) in [5.74, 6) is 0.664. The van der Waals surface area contributed by atoms with Gasteiger partial charge < -0.3 is 13.5 Å². The Balaban J connectivity index is 2.07. The number of halogens is 1. The van der Waals surface area contributed by atoms with Crippen molar-refractivity contribution in [1.29, 1.82) is 0 Å². The van der Waals surface area contributed by atoms with E-state index in [2.05, 4.69) is 31.6 Å². The lowest BCUT2D eigenvalue weighted by Gasteiger charge is -2.19. The quantitative estimate of drug-likeness (QED) is 0.420. The largest absolute Gasteiger partial charge is 0.460 e. The number of rotatable bonds is 3. The van der Waals surface area contributed by atoms with E-state index in [1.54, 1.807) is 16.0 Å². The van der Waals surface area contributed by atoms with Crippen LogP contribution >= 0.6 is 30.3 Å². The molecular formula is C15H14INO3S. The topological polar surface area (TPSA) is 42.7 Å². The van der Waals surface area contributed by atoms with Gasteiger partial charge in [0.25, 0.3) is 0 Å². The fraction of sp³-hybridized carbons (Fsp3) is 0.267. The van der Waals surface area contributed by atoms with E-state index in [1.807, 2.05) is 24.3 Å². The summed E-state index contributed by atoms with van der Waals surface area (Å²) in [6.07, 6.45) is 0.836. The lowest BCUT2D eigenvalue weighted by Crippen LogP contribution is -2.14. The van der Waals surface area contributed by atoms with Crippen molar-refractivity contribution in [2.24, 2.45) is 0 Å². The smallest absolute Gasteiger partial charge is 0.374 e. The van der Waals surface area contributed by atoms with Gasteiger partial charge in [0.05, 0.1) is 12.3 Å². The van der Waals surface area contributed by atoms with E-state index in [-0.39, 0.29) is 5.76 Å². The van der Waals surface area contributed by atoms with E-state index in [4.69, 9.17) is 9.15 Å². The lowest BCUT2D eigenvalue weighted by atomic mass is 10.1. The summed E-state index contributed by atoms with van der Waals surface area (Å²) in [5.41, 5.74) is 3.18. The van der Waals surface area contributed by atoms with Gasteiger partial charge in [-0.2, -0.15) is 0 Å². The maximum Gasteiger partial charge on any atom is 0.374 e. The van der Waals surface area contributed by atoms with Gasteiger partial charge >= 0.3 is 5.97 Å². The number of esters is 1. The summed E-state index contributed by atoms with van der Waals surface area (Å²) in [7, 11) is 1.66. The predicted molar refractivity (Wildman–Crippen MR) is 92.8 cm³/mol. The van der Waals surface area contributed by atoms with Crippen LogP contribution in [0.4, 0.5) is 5.69 Å². The van der Waals surface area contributed by atoms with Gasteiger partial charge in [-0.25, -0.2) is 4.79 Å². The minimum atomic E-state index is -0.400. The van der Waals surface area contributed by atoms with Crippen LogP contribution in [0.25, 0.3) is 11.3 Å². The molecule has 0 unspecified atom stereocenters. The fourth-order valence-corrected chi connectivity index (χ4v) is 4.06. The molecular weight excluding hydrogens is 401 g/mol. The van der Waals surface area contributed by atoms with E-state index in [1.165, 1.54) is 0 Å². The summed E-state index contributed by atoms with van der Waals surface area (Å²) in [6.45, 7) is 3.01. The van der Waals surface area contributed by atoms with Gasteiger partial charge in [-0.1, -0.05) is 12.1 Å². The number of hydrogen-bond acceptors (Lipinski definition) is 5. The molecule has 0 saturated carbocycles. The number of furan rings is 1. The Labute approximate surface area is 139 Å². The molecule has 2 heterocycles. The molecule has 1 aromatic carbocycles. The molecule has 0 N–H and O–H groups in total. The second-order valence-corrected chi connectivity index (χ2v) is 6.38. The van der Waals surface area contributed by atoms with Crippen LogP contribution in [0, 0.1) is 0 Å². The van der Waals surface area contributed by atoms with Gasteiger partial charge in [0.2, 0.25) is 5.76 Å². The first-order valence-corrected chi connectivity index (χ1v) is 10.0. The number of fused-ring (bicyclic) bond motifs is 3. The molecule has 0 aliphatic carbocycles. The van der Waals surface area contributed by atoms with Crippen molar-refractivity contribution < 1.29 is 13.9 Å². The van der Waals surface area contributed by atoms with E-state index >= 15 is 0 Å². The molecule has 3 rings (SSSR count). The summed E-state index contributed by atoms with van der Waals surface area (Å²) in [4.78, 5) is 11.8. The van der Waals surface area contributed by atoms with Crippen LogP contribution in [0.3, 0.4) is 0 Å². The third kappa shape index (κ3) is 2.78. The van der Waals surface area contributed by atoms with Crippen LogP contribution in [0.15, 0.2) is 34.7 Å². The molecule has 0 saturated heterocycles. The summed E-state index contributed by atoms with van der Waals surface area (Å²) >= 11 is 2.28. The lowest BCUT2D eigenvalue weighted by molar-refractivity contribution is 0.0491. The zero-order valence-electron chi connectivity index (χ0n) is 11.5. The van der Waals surface area contributed by atoms with Crippen LogP contribution in [-0.2, 0) is 11.2 Å². The molecule has 1 aromatic heterocycles. The Hall–Kier alpha value is -1.15. The van der Waals surface area contributed by atoms with E-state index in [0.29, 0.717) is 6.61 Å². The Bertz CT molecular complexity index is 671. The van der Waals surface area contributed by atoms with Crippen molar-refractivity contribution in [2.75, 3.05) is 17.5 Å². The molecule has 0 spiro atoms. The minimum Gasteiger partial charge on any atom is -0.460 e. The number of para-hydroxylation sites is 1. The molecule has 0 bridgehead atoms. The minimum absolute atomic E-state index is 0.284. The van der Waals surface area contributed by atoms with Crippen molar-refractivity contribution in [3.63, 3.8) is 0 Å². The summed E-state index contributed by atoms with van der Waals surface area (Å²) in [6, 6.07) is 9.90. The normalized spacial score (nSPS) is 13.3. The summed E-state index contributed by atoms with van der Waals surface area (Å²) in [5, 5.41) is 0. The predicted octanol–water partition coefficient (Wildman–Crippen LogP) is 4.48. The Morgan fingerprint density at radius 1 is 1.48 bits per heavy atom. The molecule has 4 nitrogen and oxygen atoms in total. The van der Waals surface area contributed by atoms with Gasteiger partial charge in [0, 0.05) is 48.0 Å². The highest BCUT2D eigenvalue weighted by Gasteiger charge is 2.25. The number of nitrogens with zero attached hydrogens (tertiary/aromatic N) is 1. The van der Waals surface area contributed by atoms with Gasteiger partial charge in [0.1, 0.15) is 5.76 Å². The van der Waals surface area contributed by atoms with Crippen molar-refractivity contribution in [3.8, 4) is 11.3 Å². The molecule has 2 aromatic rings. The average molecular weight is 415 g/mol. The summed E-state index contributed by atoms with van der Waals surface area (Å²) < 4.78 is 13.1. The molecule has 0 atom stereocenters. The first kappa shape index (κ1) is 14.8. The zero-order valence-corrected chi connectivity index (χ0v) is 14.4. The van der Waals surface area contributed by atoms with Crippen LogP contribution in [-0.4, -0.2) is 19.1 Å². The first-order valence-electron chi connectivity index (χ1n) is 6.70. The molecule has 110 valence electrons. The third-order valence-corrected chi connectivity index (χ3v) is 5.34. The number of carbonyl (C=O) groups excluding carboxylic acids is 1. The third-order valence-electron chi connectivity index (χ3n) is 3.37. The monoisotopic (exact) mass is 415 g/mol. The van der Waals surface area contributed by atoms with E-state index in [9.17, 15) is 4.79 Å². The van der Waals surface area contributed by atoms with E-state index < -0.39 is 5.97 Å². The number of ether oxygens (including phenoxy) is 1. The number of anilines is 1. The van der Waals surface area contributed by atoms with Crippen LogP contribution in [0.1, 0.15) is 23.0 Å². The number of hydrogen-bond donors (Lipinski definition) is 0. The van der Waals surface area contributed by atoms with Crippen LogP contribution in [0.2, 0.25) is 0 Å². The first-order chi connectivity index (χ1) is 10.2. The van der Waals surface area contributed by atoms with Gasteiger partial charge in [-0.15, -0.1) is 0 Å². The molecule has 0 radical (unpaired) electrons. The molecule has 21 heavy (non-hydrogen) atoms. The van der Waals surface area contributed by atoms with Crippen molar-refractivity contribution >= 4 is 42.0 Å². The Kier molecular flexibility index (Phi) is 4.44. The van der Waals surface area contributed by atoms with E-state index in [0.717, 1.165) is 35.5 Å². The molecule has 0 amide bonds. The van der Waals surface area contributed by atoms with Crippen molar-refractivity contribution in [2.45, 2.75) is 13.3 Å². The van der Waals surface area contributed by atoms with Crippen molar-refractivity contribution in [1.82, 2.24) is 0 Å². The molecule has 6 heteroatoms. The average Bonchev–Trinajstić information content (AvgIpc) is 2.87. The highest BCUT2D eigenvalue weighted by Crippen LogP contribution is 2.41. The SMILES string of the molecule is CCOC(=O)c1cc2c(o1)-c1ccccc1N(SI)CC2. The Morgan fingerprint density at radius 3 is 3.05 bits per heavy atom. The van der Waals surface area contributed by atoms with Gasteiger partial charge in [0.15, 0.2) is 0 Å². The zero-order chi connectivity index (χ0) is 14.8. The maximum atomic E-state index is 11.8. The van der Waals surface area contributed by atoms with Gasteiger partial charge in [-0.05, 0) is 31.5 Å². The Morgan fingerprint density at radius 2 is 2.29 bits per heavy atom. The fourth-order valence-electron chi connectivity index (χ4n) is 2.44. The van der Waals surface area contributed by atoms with Crippen LogP contribution in [0.5, 0.6) is 0 Å². The highest BCUT2D eigenvalue weighted by molar-refractivity contribution is 14.2. The second kappa shape index (κ2) is 6.31. The molecule has 1 aliphatic heterocycles. The van der Waals surface area contributed by atoms with Crippen molar-refractivity contribution in [3.05, 3.63) is 41.7 Å².